The molecule has 0 aromatic heterocycles. The summed E-state index contributed by atoms with van der Waals surface area (Å²) in [4.78, 5) is 12.3. The Balaban J connectivity index is 1.70. The molecular weight excluding hydrogens is 330 g/mol. The first-order valence-corrected chi connectivity index (χ1v) is 8.83. The predicted molar refractivity (Wildman–Crippen MR) is 86.9 cm³/mol. The predicted octanol–water partition coefficient (Wildman–Crippen LogP) is 1.88. The van der Waals surface area contributed by atoms with Gasteiger partial charge in [0.05, 0.1) is 6.61 Å². The topological polar surface area (TPSA) is 72.9 Å². The van der Waals surface area contributed by atoms with Crippen LogP contribution in [0, 0.1) is 0 Å². The van der Waals surface area contributed by atoms with E-state index < -0.39 is 22.3 Å². The Bertz CT molecular complexity index is 792. The molecule has 0 radical (unpaired) electrons. The van der Waals surface area contributed by atoms with Crippen LogP contribution in [0.15, 0.2) is 60.7 Å². The van der Waals surface area contributed by atoms with Crippen molar-refractivity contribution in [2.24, 2.45) is 0 Å². The summed E-state index contributed by atoms with van der Waals surface area (Å²) in [5.41, 5.74) is 1.61. The number of hydrogen-bond acceptors (Lipinski definition) is 5. The largest absolute Gasteiger partial charge is 0.460 e. The third kappa shape index (κ3) is 3.81. The van der Waals surface area contributed by atoms with Gasteiger partial charge in [-0.1, -0.05) is 60.7 Å². The fraction of sp³-hybridized carbons (Fsp3) is 0.235. The number of esters is 1. The first kappa shape index (κ1) is 16.6. The van der Waals surface area contributed by atoms with Crippen molar-refractivity contribution in [2.75, 3.05) is 6.61 Å². The molecule has 0 N–H and O–H groups in total. The van der Waals surface area contributed by atoms with Crippen LogP contribution in [0.3, 0.4) is 0 Å². The smallest absolute Gasteiger partial charge is 0.339 e. The van der Waals surface area contributed by atoms with E-state index in [4.69, 9.17) is 8.92 Å². The fourth-order valence-electron chi connectivity index (χ4n) is 2.42. The van der Waals surface area contributed by atoms with Crippen molar-refractivity contribution in [1.29, 1.82) is 0 Å². The third-order valence-electron chi connectivity index (χ3n) is 3.69. The van der Waals surface area contributed by atoms with Crippen molar-refractivity contribution in [2.45, 2.75) is 19.2 Å². The van der Waals surface area contributed by atoms with Gasteiger partial charge >= 0.3 is 16.3 Å². The minimum Gasteiger partial charge on any atom is -0.460 e. The van der Waals surface area contributed by atoms with Gasteiger partial charge in [-0.15, -0.1) is 0 Å². The Kier molecular flexibility index (Phi) is 4.94. The molecule has 1 aliphatic rings. The Morgan fingerprint density at radius 3 is 2.25 bits per heavy atom. The minimum atomic E-state index is -3.93. The number of nitrogens with zero attached hydrogens (tertiary/aromatic N) is 1. The van der Waals surface area contributed by atoms with E-state index in [1.807, 2.05) is 48.5 Å². The molecule has 126 valence electrons. The van der Waals surface area contributed by atoms with E-state index in [9.17, 15) is 13.2 Å². The number of carbonyl (C=O) groups is 1. The van der Waals surface area contributed by atoms with Crippen molar-refractivity contribution >= 4 is 16.3 Å². The standard InChI is InChI=1S/C17H17NO5S/c19-17(22-12-15-9-5-2-6-10-15)16-13-23-24(20,21)18(16)11-14-7-3-1-4-8-14/h1-10,16H,11-13H2/t16-/m1/s1. The zero-order chi connectivity index (χ0) is 17.0. The molecule has 0 aliphatic carbocycles. The van der Waals surface area contributed by atoms with E-state index in [1.54, 1.807) is 12.1 Å². The van der Waals surface area contributed by atoms with Crippen LogP contribution in [-0.2, 0) is 37.2 Å². The van der Waals surface area contributed by atoms with Gasteiger partial charge in [-0.2, -0.15) is 12.7 Å². The maximum atomic E-state index is 12.3. The lowest BCUT2D eigenvalue weighted by atomic mass is 10.2. The highest BCUT2D eigenvalue weighted by atomic mass is 32.2. The summed E-state index contributed by atoms with van der Waals surface area (Å²) >= 11 is 0. The molecular formula is C17H17NO5S. The van der Waals surface area contributed by atoms with Gasteiger partial charge in [0, 0.05) is 6.54 Å². The molecule has 1 atom stereocenters. The number of carbonyl (C=O) groups excluding carboxylic acids is 1. The summed E-state index contributed by atoms with van der Waals surface area (Å²) in [6.07, 6.45) is 0. The van der Waals surface area contributed by atoms with Crippen molar-refractivity contribution in [3.63, 3.8) is 0 Å². The maximum Gasteiger partial charge on any atom is 0.339 e. The molecule has 0 saturated carbocycles. The number of hydrogen-bond donors (Lipinski definition) is 0. The van der Waals surface area contributed by atoms with E-state index in [0.717, 1.165) is 15.4 Å². The molecule has 24 heavy (non-hydrogen) atoms. The van der Waals surface area contributed by atoms with Gasteiger partial charge in [-0.05, 0) is 11.1 Å². The molecule has 0 spiro atoms. The van der Waals surface area contributed by atoms with Crippen LogP contribution in [0.5, 0.6) is 0 Å². The van der Waals surface area contributed by atoms with Gasteiger partial charge in [-0.25, -0.2) is 0 Å². The maximum absolute atomic E-state index is 12.3. The van der Waals surface area contributed by atoms with Crippen molar-refractivity contribution < 1.29 is 22.1 Å². The van der Waals surface area contributed by atoms with E-state index in [1.165, 1.54) is 0 Å². The zero-order valence-corrected chi connectivity index (χ0v) is 13.7. The minimum absolute atomic E-state index is 0.0638. The van der Waals surface area contributed by atoms with Crippen LogP contribution in [0.1, 0.15) is 11.1 Å². The van der Waals surface area contributed by atoms with Crippen LogP contribution in [0.2, 0.25) is 0 Å². The zero-order valence-electron chi connectivity index (χ0n) is 12.9. The average molecular weight is 347 g/mol. The van der Waals surface area contributed by atoms with Gasteiger partial charge in [0.15, 0.2) is 0 Å². The summed E-state index contributed by atoms with van der Waals surface area (Å²) < 4.78 is 35.2. The van der Waals surface area contributed by atoms with Crippen LogP contribution in [0.4, 0.5) is 0 Å². The first-order chi connectivity index (χ1) is 11.6. The molecule has 7 heteroatoms. The summed E-state index contributed by atoms with van der Waals surface area (Å²) in [5, 5.41) is 0. The monoisotopic (exact) mass is 347 g/mol. The molecule has 0 amide bonds. The van der Waals surface area contributed by atoms with Gasteiger partial charge in [0.1, 0.15) is 12.6 Å². The molecule has 3 rings (SSSR count). The van der Waals surface area contributed by atoms with E-state index in [0.29, 0.717) is 0 Å². The van der Waals surface area contributed by atoms with Gasteiger partial charge in [0.2, 0.25) is 0 Å². The lowest BCUT2D eigenvalue weighted by molar-refractivity contribution is -0.149. The second-order valence-electron chi connectivity index (χ2n) is 5.38. The average Bonchev–Trinajstić information content (AvgIpc) is 2.89. The Labute approximate surface area is 140 Å². The normalized spacial score (nSPS) is 19.9. The molecule has 0 unspecified atom stereocenters. The highest BCUT2D eigenvalue weighted by Gasteiger charge is 2.43. The summed E-state index contributed by atoms with van der Waals surface area (Å²) in [5.74, 6) is -0.615. The van der Waals surface area contributed by atoms with E-state index >= 15 is 0 Å². The summed E-state index contributed by atoms with van der Waals surface area (Å²) in [7, 11) is -3.93. The molecule has 2 aromatic rings. The molecule has 6 nitrogen and oxygen atoms in total. The van der Waals surface area contributed by atoms with Gasteiger partial charge in [0.25, 0.3) is 0 Å². The van der Waals surface area contributed by atoms with E-state index in [-0.39, 0.29) is 19.8 Å². The lowest BCUT2D eigenvalue weighted by Crippen LogP contribution is -2.40. The van der Waals surface area contributed by atoms with Crippen molar-refractivity contribution in [3.05, 3.63) is 71.8 Å². The highest BCUT2D eigenvalue weighted by Crippen LogP contribution is 2.23. The van der Waals surface area contributed by atoms with Crippen molar-refractivity contribution in [3.8, 4) is 0 Å². The van der Waals surface area contributed by atoms with Crippen LogP contribution in [0.25, 0.3) is 0 Å². The fourth-order valence-corrected chi connectivity index (χ4v) is 3.62. The Hall–Kier alpha value is -2.22. The third-order valence-corrected chi connectivity index (χ3v) is 5.08. The van der Waals surface area contributed by atoms with Crippen LogP contribution < -0.4 is 0 Å². The Morgan fingerprint density at radius 1 is 1.04 bits per heavy atom. The van der Waals surface area contributed by atoms with Gasteiger partial charge in [-0.3, -0.25) is 8.98 Å². The van der Waals surface area contributed by atoms with E-state index in [2.05, 4.69) is 0 Å². The van der Waals surface area contributed by atoms with Gasteiger partial charge < -0.3 is 4.74 Å². The first-order valence-electron chi connectivity index (χ1n) is 7.47. The molecule has 1 fully saturated rings. The number of benzene rings is 2. The number of rotatable bonds is 5. The molecule has 1 saturated heterocycles. The SMILES string of the molecule is O=C(OCc1ccccc1)[C@H]1COS(=O)(=O)N1Cc1ccccc1. The molecule has 0 bridgehead atoms. The second kappa shape index (κ2) is 7.12. The van der Waals surface area contributed by atoms with Crippen LogP contribution in [-0.4, -0.2) is 31.3 Å². The molecule has 1 aliphatic heterocycles. The highest BCUT2D eigenvalue weighted by molar-refractivity contribution is 7.84. The van der Waals surface area contributed by atoms with Crippen molar-refractivity contribution in [1.82, 2.24) is 4.31 Å². The molecule has 1 heterocycles. The van der Waals surface area contributed by atoms with Crippen LogP contribution >= 0.6 is 0 Å². The Morgan fingerprint density at radius 2 is 1.62 bits per heavy atom. The summed E-state index contributed by atoms with van der Waals surface area (Å²) in [6.45, 7) is -0.0769. The molecule has 2 aromatic carbocycles. The second-order valence-corrected chi connectivity index (χ2v) is 6.94. The quantitative estimate of drug-likeness (QED) is 0.772. The lowest BCUT2D eigenvalue weighted by Gasteiger charge is -2.19. The number of ether oxygens (including phenoxy) is 1. The summed E-state index contributed by atoms with van der Waals surface area (Å²) in [6, 6.07) is 17.3.